The predicted octanol–water partition coefficient (Wildman–Crippen LogP) is 3.36. The predicted molar refractivity (Wildman–Crippen MR) is 89.0 cm³/mol. The number of aryl methyl sites for hydroxylation is 1. The highest BCUT2D eigenvalue weighted by Gasteiger charge is 2.15. The van der Waals surface area contributed by atoms with Crippen molar-refractivity contribution >= 4 is 34.5 Å². The molecular formula is C15H18ClN3OS. The first-order chi connectivity index (χ1) is 9.99. The Morgan fingerprint density at radius 1 is 1.38 bits per heavy atom. The second-order valence-corrected chi connectivity index (χ2v) is 6.73. The molecule has 1 unspecified atom stereocenters. The molecular weight excluding hydrogens is 306 g/mol. The zero-order valence-electron chi connectivity index (χ0n) is 11.9. The van der Waals surface area contributed by atoms with Crippen molar-refractivity contribution in [1.29, 1.82) is 0 Å². The molecule has 0 saturated carbocycles. The van der Waals surface area contributed by atoms with E-state index in [9.17, 15) is 4.79 Å². The normalized spacial score (nSPS) is 12.0. The Kier molecular flexibility index (Phi) is 5.22. The molecule has 1 amide bonds. The molecule has 2 rings (SSSR count). The van der Waals surface area contributed by atoms with Crippen LogP contribution in [-0.2, 0) is 6.42 Å². The first-order valence-electron chi connectivity index (χ1n) is 6.62. The number of hydrogen-bond donors (Lipinski definition) is 3. The van der Waals surface area contributed by atoms with Crippen LogP contribution in [0, 0.1) is 6.92 Å². The average molecular weight is 324 g/mol. The van der Waals surface area contributed by atoms with E-state index in [4.69, 9.17) is 17.4 Å². The molecule has 0 bridgehead atoms. The molecule has 1 atom stereocenters. The summed E-state index contributed by atoms with van der Waals surface area (Å²) in [6, 6.07) is 9.18. The fraction of sp³-hybridized carbons (Fsp3) is 0.267. The molecule has 0 aliphatic carbocycles. The van der Waals surface area contributed by atoms with Crippen LogP contribution in [-0.4, -0.2) is 11.9 Å². The topological polar surface area (TPSA) is 67.2 Å². The molecule has 112 valence electrons. The fourth-order valence-electron chi connectivity index (χ4n) is 2.08. The molecule has 1 aromatic carbocycles. The van der Waals surface area contributed by atoms with E-state index in [2.05, 4.69) is 29.8 Å². The van der Waals surface area contributed by atoms with Gasteiger partial charge >= 0.3 is 0 Å². The zero-order chi connectivity index (χ0) is 15.4. The molecule has 6 heteroatoms. The highest BCUT2D eigenvalue weighted by atomic mass is 35.5. The number of hydrazine groups is 1. The lowest BCUT2D eigenvalue weighted by molar-refractivity contribution is 0.0941. The SMILES string of the molecule is Cc1ccc(CC(C)NC(=O)c2cc(Cl)ccc2NN)s1. The van der Waals surface area contributed by atoms with Crippen LogP contribution in [0.25, 0.3) is 0 Å². The maximum Gasteiger partial charge on any atom is 0.253 e. The molecule has 1 heterocycles. The second-order valence-electron chi connectivity index (χ2n) is 4.93. The fourth-order valence-corrected chi connectivity index (χ4v) is 3.27. The summed E-state index contributed by atoms with van der Waals surface area (Å²) in [5.41, 5.74) is 3.51. The number of hydrogen-bond acceptors (Lipinski definition) is 4. The van der Waals surface area contributed by atoms with Gasteiger partial charge in [0, 0.05) is 27.2 Å². The maximum atomic E-state index is 12.3. The summed E-state index contributed by atoms with van der Waals surface area (Å²) in [5, 5.41) is 3.47. The van der Waals surface area contributed by atoms with Crippen LogP contribution in [0.1, 0.15) is 27.0 Å². The van der Waals surface area contributed by atoms with Crippen molar-refractivity contribution in [3.05, 3.63) is 50.7 Å². The molecule has 0 fully saturated rings. The second kappa shape index (κ2) is 6.93. The van der Waals surface area contributed by atoms with Crippen molar-refractivity contribution in [3.8, 4) is 0 Å². The van der Waals surface area contributed by atoms with Crippen LogP contribution in [0.3, 0.4) is 0 Å². The summed E-state index contributed by atoms with van der Waals surface area (Å²) in [7, 11) is 0. The van der Waals surface area contributed by atoms with E-state index in [0.29, 0.717) is 16.3 Å². The Labute approximate surface area is 133 Å². The van der Waals surface area contributed by atoms with Gasteiger partial charge in [-0.3, -0.25) is 10.6 Å². The van der Waals surface area contributed by atoms with E-state index in [0.717, 1.165) is 6.42 Å². The van der Waals surface area contributed by atoms with Gasteiger partial charge in [-0.05, 0) is 44.2 Å². The minimum Gasteiger partial charge on any atom is -0.349 e. The zero-order valence-corrected chi connectivity index (χ0v) is 13.5. The quantitative estimate of drug-likeness (QED) is 0.584. The van der Waals surface area contributed by atoms with Gasteiger partial charge in [0.15, 0.2) is 0 Å². The number of thiophene rings is 1. The van der Waals surface area contributed by atoms with Crippen molar-refractivity contribution < 1.29 is 4.79 Å². The average Bonchev–Trinajstić information content (AvgIpc) is 2.83. The van der Waals surface area contributed by atoms with Gasteiger partial charge < -0.3 is 10.7 Å². The Morgan fingerprint density at radius 2 is 2.14 bits per heavy atom. The van der Waals surface area contributed by atoms with E-state index in [1.807, 2.05) is 6.92 Å². The van der Waals surface area contributed by atoms with Crippen LogP contribution in [0.2, 0.25) is 5.02 Å². The standard InChI is InChI=1S/C15H18ClN3OS/c1-9(7-12-5-3-10(2)21-12)18-15(20)13-8-11(16)4-6-14(13)19-17/h3-6,8-9,19H,7,17H2,1-2H3,(H,18,20). The van der Waals surface area contributed by atoms with E-state index >= 15 is 0 Å². The van der Waals surface area contributed by atoms with Crippen LogP contribution in [0.4, 0.5) is 5.69 Å². The molecule has 0 saturated heterocycles. The summed E-state index contributed by atoms with van der Waals surface area (Å²) < 4.78 is 0. The smallest absolute Gasteiger partial charge is 0.253 e. The number of nitrogens with one attached hydrogen (secondary N) is 2. The molecule has 1 aromatic heterocycles. The third-order valence-electron chi connectivity index (χ3n) is 3.06. The summed E-state index contributed by atoms with van der Waals surface area (Å²) in [6.07, 6.45) is 0.802. The Bertz CT molecular complexity index is 642. The van der Waals surface area contributed by atoms with Gasteiger partial charge in [-0.15, -0.1) is 11.3 Å². The molecule has 4 N–H and O–H groups in total. The Hall–Kier alpha value is -1.56. The van der Waals surface area contributed by atoms with Gasteiger partial charge in [-0.1, -0.05) is 11.6 Å². The number of carbonyl (C=O) groups excluding carboxylic acids is 1. The number of halogens is 1. The van der Waals surface area contributed by atoms with Crippen molar-refractivity contribution in [1.82, 2.24) is 5.32 Å². The van der Waals surface area contributed by atoms with E-state index in [-0.39, 0.29) is 11.9 Å². The highest BCUT2D eigenvalue weighted by molar-refractivity contribution is 7.11. The maximum absolute atomic E-state index is 12.3. The lowest BCUT2D eigenvalue weighted by Gasteiger charge is -2.15. The molecule has 0 aliphatic heterocycles. The van der Waals surface area contributed by atoms with Crippen LogP contribution in [0.15, 0.2) is 30.3 Å². The minimum atomic E-state index is -0.189. The molecule has 21 heavy (non-hydrogen) atoms. The van der Waals surface area contributed by atoms with Gasteiger partial charge in [0.2, 0.25) is 0 Å². The van der Waals surface area contributed by atoms with E-state index in [1.165, 1.54) is 9.75 Å². The Morgan fingerprint density at radius 3 is 2.76 bits per heavy atom. The Balaban J connectivity index is 2.05. The van der Waals surface area contributed by atoms with Crippen molar-refractivity contribution in [3.63, 3.8) is 0 Å². The number of nitrogens with two attached hydrogens (primary N) is 1. The number of rotatable bonds is 5. The first-order valence-corrected chi connectivity index (χ1v) is 7.81. The molecule has 0 spiro atoms. The molecule has 2 aromatic rings. The number of anilines is 1. The summed E-state index contributed by atoms with van der Waals surface area (Å²) in [6.45, 7) is 4.05. The number of carbonyl (C=O) groups is 1. The van der Waals surface area contributed by atoms with E-state index in [1.54, 1.807) is 29.5 Å². The van der Waals surface area contributed by atoms with E-state index < -0.39 is 0 Å². The van der Waals surface area contributed by atoms with Gasteiger partial charge in [0.25, 0.3) is 5.91 Å². The highest BCUT2D eigenvalue weighted by Crippen LogP contribution is 2.21. The summed E-state index contributed by atoms with van der Waals surface area (Å²) >= 11 is 7.68. The van der Waals surface area contributed by atoms with Crippen molar-refractivity contribution in [2.75, 3.05) is 5.43 Å². The van der Waals surface area contributed by atoms with Crippen molar-refractivity contribution in [2.24, 2.45) is 5.84 Å². The number of nitrogen functional groups attached to an aromatic ring is 1. The summed E-state index contributed by atoms with van der Waals surface area (Å²) in [5.74, 6) is 5.24. The lowest BCUT2D eigenvalue weighted by atomic mass is 10.1. The third-order valence-corrected chi connectivity index (χ3v) is 4.32. The monoisotopic (exact) mass is 323 g/mol. The number of benzene rings is 1. The first kappa shape index (κ1) is 15.8. The lowest BCUT2D eigenvalue weighted by Crippen LogP contribution is -2.34. The van der Waals surface area contributed by atoms with Gasteiger partial charge in [0.1, 0.15) is 0 Å². The van der Waals surface area contributed by atoms with Gasteiger partial charge in [0.05, 0.1) is 11.3 Å². The van der Waals surface area contributed by atoms with Crippen LogP contribution in [0.5, 0.6) is 0 Å². The third kappa shape index (κ3) is 4.20. The van der Waals surface area contributed by atoms with Gasteiger partial charge in [-0.25, -0.2) is 0 Å². The minimum absolute atomic E-state index is 0.0279. The largest absolute Gasteiger partial charge is 0.349 e. The number of amides is 1. The van der Waals surface area contributed by atoms with Crippen LogP contribution < -0.4 is 16.6 Å². The van der Waals surface area contributed by atoms with Crippen LogP contribution >= 0.6 is 22.9 Å². The molecule has 4 nitrogen and oxygen atoms in total. The molecule has 0 radical (unpaired) electrons. The van der Waals surface area contributed by atoms with Crippen molar-refractivity contribution in [2.45, 2.75) is 26.3 Å². The van der Waals surface area contributed by atoms with Gasteiger partial charge in [-0.2, -0.15) is 0 Å². The summed E-state index contributed by atoms with van der Waals surface area (Å²) in [4.78, 5) is 14.8. The molecule has 0 aliphatic rings.